The van der Waals surface area contributed by atoms with E-state index in [2.05, 4.69) is 99.8 Å². The summed E-state index contributed by atoms with van der Waals surface area (Å²) in [6.45, 7) is 6.45. The normalized spacial score (nSPS) is 12.7. The number of carbonyl (C=O) groups is 3. The Balaban J connectivity index is 4.47. The molecule has 0 fully saturated rings. The minimum atomic E-state index is -0.809. The summed E-state index contributed by atoms with van der Waals surface area (Å²) in [5, 5.41) is 0. The zero-order valence-corrected chi connectivity index (χ0v) is 43.2. The van der Waals surface area contributed by atoms with Crippen LogP contribution in [0.3, 0.4) is 0 Å². The topological polar surface area (TPSA) is 78.9 Å². The Labute approximate surface area is 407 Å². The van der Waals surface area contributed by atoms with Crippen LogP contribution in [0.25, 0.3) is 0 Å². The van der Waals surface area contributed by atoms with E-state index < -0.39 is 6.10 Å². The van der Waals surface area contributed by atoms with Crippen molar-refractivity contribution in [1.29, 1.82) is 0 Å². The van der Waals surface area contributed by atoms with Gasteiger partial charge in [0, 0.05) is 19.3 Å². The highest BCUT2D eigenvalue weighted by Crippen LogP contribution is 2.15. The van der Waals surface area contributed by atoms with E-state index in [0.29, 0.717) is 19.3 Å². The average molecular weight is 919 g/mol. The molecule has 0 spiro atoms. The first-order valence-electron chi connectivity index (χ1n) is 27.6. The van der Waals surface area contributed by atoms with Gasteiger partial charge < -0.3 is 14.2 Å². The van der Waals surface area contributed by atoms with Crippen molar-refractivity contribution in [3.63, 3.8) is 0 Å². The van der Waals surface area contributed by atoms with Crippen LogP contribution in [0, 0.1) is 0 Å². The zero-order valence-electron chi connectivity index (χ0n) is 43.2. The first kappa shape index (κ1) is 62.6. The molecule has 66 heavy (non-hydrogen) atoms. The number of ether oxygens (including phenoxy) is 3. The minimum absolute atomic E-state index is 0.102. The third-order valence-corrected chi connectivity index (χ3v) is 11.6. The van der Waals surface area contributed by atoms with Gasteiger partial charge in [0.2, 0.25) is 0 Å². The lowest BCUT2D eigenvalue weighted by Crippen LogP contribution is -2.30. The summed E-state index contributed by atoms with van der Waals surface area (Å²) in [4.78, 5) is 38.0. The van der Waals surface area contributed by atoms with Gasteiger partial charge in [0.05, 0.1) is 0 Å². The Morgan fingerprint density at radius 2 is 0.621 bits per heavy atom. The van der Waals surface area contributed by atoms with Crippen LogP contribution in [0.4, 0.5) is 0 Å². The van der Waals surface area contributed by atoms with Crippen molar-refractivity contribution in [1.82, 2.24) is 0 Å². The fourth-order valence-corrected chi connectivity index (χ4v) is 7.52. The van der Waals surface area contributed by atoms with Crippen molar-refractivity contribution in [2.45, 2.75) is 264 Å². The van der Waals surface area contributed by atoms with Crippen molar-refractivity contribution in [3.8, 4) is 0 Å². The standard InChI is InChI=1S/C60H102O6/c1-4-7-10-13-16-19-22-24-26-28-30-32-33-35-38-41-44-47-50-53-59(62)65-56-57(55-64-58(61)52-49-46-43-40-37-21-18-15-12-9-6-3)66-60(63)54-51-48-45-42-39-36-34-31-29-27-25-23-20-17-14-11-8-5-2/h7,10,16,19,24,26,30-32,34-35,38,44,47,57H,4-6,8-9,11-15,17-18,20-23,25,27-29,33,36-37,39-43,45-46,48-56H2,1-3H3/b10-7-,19-16-,26-24-,32-30-,34-31-,38-35-,47-44-. The molecule has 0 aliphatic carbocycles. The van der Waals surface area contributed by atoms with E-state index in [1.165, 1.54) is 122 Å². The number of hydrogen-bond acceptors (Lipinski definition) is 6. The Morgan fingerprint density at radius 3 is 1.02 bits per heavy atom. The molecule has 6 nitrogen and oxygen atoms in total. The monoisotopic (exact) mass is 919 g/mol. The molecule has 1 atom stereocenters. The summed E-state index contributed by atoms with van der Waals surface area (Å²) >= 11 is 0. The first-order valence-corrected chi connectivity index (χ1v) is 27.6. The van der Waals surface area contributed by atoms with E-state index in [0.717, 1.165) is 89.9 Å². The maximum atomic E-state index is 12.8. The van der Waals surface area contributed by atoms with Crippen molar-refractivity contribution in [2.24, 2.45) is 0 Å². The van der Waals surface area contributed by atoms with Crippen molar-refractivity contribution >= 4 is 17.9 Å². The maximum absolute atomic E-state index is 12.8. The molecule has 378 valence electrons. The van der Waals surface area contributed by atoms with Gasteiger partial charge in [-0.25, -0.2) is 0 Å². The highest BCUT2D eigenvalue weighted by Gasteiger charge is 2.19. The van der Waals surface area contributed by atoms with E-state index in [9.17, 15) is 14.4 Å². The number of esters is 3. The van der Waals surface area contributed by atoms with Gasteiger partial charge in [0.25, 0.3) is 0 Å². The molecule has 0 radical (unpaired) electrons. The Hall–Kier alpha value is -3.41. The molecular formula is C60H102O6. The Bertz CT molecular complexity index is 1290. The quantitative estimate of drug-likeness (QED) is 0.0262. The van der Waals surface area contributed by atoms with Gasteiger partial charge in [-0.15, -0.1) is 0 Å². The molecular weight excluding hydrogens is 817 g/mol. The molecule has 0 aromatic rings. The molecule has 0 aromatic heterocycles. The second-order valence-electron chi connectivity index (χ2n) is 18.1. The average Bonchev–Trinajstić information content (AvgIpc) is 3.31. The van der Waals surface area contributed by atoms with E-state index in [-0.39, 0.29) is 37.5 Å². The van der Waals surface area contributed by atoms with Crippen LogP contribution in [0.2, 0.25) is 0 Å². The molecule has 0 amide bonds. The highest BCUT2D eigenvalue weighted by molar-refractivity contribution is 5.71. The lowest BCUT2D eigenvalue weighted by Gasteiger charge is -2.18. The van der Waals surface area contributed by atoms with Crippen molar-refractivity contribution < 1.29 is 28.6 Å². The Kier molecular flexibility index (Phi) is 51.4. The second kappa shape index (κ2) is 54.2. The van der Waals surface area contributed by atoms with E-state index >= 15 is 0 Å². The molecule has 0 aromatic carbocycles. The third-order valence-electron chi connectivity index (χ3n) is 11.6. The first-order chi connectivity index (χ1) is 32.5. The van der Waals surface area contributed by atoms with Crippen LogP contribution in [-0.2, 0) is 28.6 Å². The minimum Gasteiger partial charge on any atom is -0.462 e. The molecule has 0 N–H and O–H groups in total. The number of hydrogen-bond donors (Lipinski definition) is 0. The summed E-state index contributed by atoms with van der Waals surface area (Å²) in [5.41, 5.74) is 0. The molecule has 0 saturated carbocycles. The summed E-state index contributed by atoms with van der Waals surface area (Å²) in [5.74, 6) is -0.995. The predicted molar refractivity (Wildman–Crippen MR) is 284 cm³/mol. The van der Waals surface area contributed by atoms with Gasteiger partial charge in [0.1, 0.15) is 13.2 Å². The molecule has 0 aliphatic rings. The maximum Gasteiger partial charge on any atom is 0.306 e. The van der Waals surface area contributed by atoms with Crippen molar-refractivity contribution in [3.05, 3.63) is 85.1 Å². The molecule has 0 saturated heterocycles. The van der Waals surface area contributed by atoms with Crippen LogP contribution >= 0.6 is 0 Å². The third kappa shape index (κ3) is 51.6. The molecule has 6 heteroatoms. The second-order valence-corrected chi connectivity index (χ2v) is 18.1. The van der Waals surface area contributed by atoms with Crippen LogP contribution in [-0.4, -0.2) is 37.2 Å². The fourth-order valence-electron chi connectivity index (χ4n) is 7.52. The molecule has 0 rings (SSSR count). The molecule has 0 bridgehead atoms. The zero-order chi connectivity index (χ0) is 47.9. The fraction of sp³-hybridized carbons (Fsp3) is 0.717. The van der Waals surface area contributed by atoms with Gasteiger partial charge in [-0.2, -0.15) is 0 Å². The van der Waals surface area contributed by atoms with E-state index in [1.54, 1.807) is 0 Å². The molecule has 0 aliphatic heterocycles. The van der Waals surface area contributed by atoms with Gasteiger partial charge in [-0.3, -0.25) is 14.4 Å². The van der Waals surface area contributed by atoms with Gasteiger partial charge in [-0.05, 0) is 83.5 Å². The number of rotatable bonds is 49. The molecule has 0 heterocycles. The predicted octanol–water partition coefficient (Wildman–Crippen LogP) is 18.4. The number of unbranched alkanes of at least 4 members (excludes halogenated alkanes) is 24. The van der Waals surface area contributed by atoms with Crippen LogP contribution in [0.5, 0.6) is 0 Å². The van der Waals surface area contributed by atoms with Gasteiger partial charge in [0.15, 0.2) is 6.10 Å². The number of allylic oxidation sites excluding steroid dienone is 14. The summed E-state index contributed by atoms with van der Waals surface area (Å²) in [6.07, 6.45) is 70.1. The van der Waals surface area contributed by atoms with Crippen LogP contribution in [0.15, 0.2) is 85.1 Å². The van der Waals surface area contributed by atoms with Gasteiger partial charge >= 0.3 is 17.9 Å². The van der Waals surface area contributed by atoms with Crippen molar-refractivity contribution in [2.75, 3.05) is 13.2 Å². The lowest BCUT2D eigenvalue weighted by molar-refractivity contribution is -0.166. The number of carbonyl (C=O) groups excluding carboxylic acids is 3. The lowest BCUT2D eigenvalue weighted by atomic mass is 10.1. The van der Waals surface area contributed by atoms with Crippen LogP contribution < -0.4 is 0 Å². The van der Waals surface area contributed by atoms with E-state index in [1.807, 2.05) is 6.08 Å². The van der Waals surface area contributed by atoms with Crippen LogP contribution in [0.1, 0.15) is 258 Å². The highest BCUT2D eigenvalue weighted by atomic mass is 16.6. The van der Waals surface area contributed by atoms with E-state index in [4.69, 9.17) is 14.2 Å². The van der Waals surface area contributed by atoms with Gasteiger partial charge in [-0.1, -0.05) is 241 Å². The SMILES string of the molecule is CC/C=C\C/C=C\C/C=C\C/C=C\C/C=C\C/C=C\CCC(=O)OCC(COC(=O)CCCCCCCCCCCCC)OC(=O)CCCCCCC/C=C\CCCCCCCCCCC. The smallest absolute Gasteiger partial charge is 0.306 e. The summed E-state index contributed by atoms with van der Waals surface area (Å²) < 4.78 is 16.7. The summed E-state index contributed by atoms with van der Waals surface area (Å²) in [7, 11) is 0. The Morgan fingerprint density at radius 1 is 0.318 bits per heavy atom. The summed E-state index contributed by atoms with van der Waals surface area (Å²) in [6, 6.07) is 0. The molecule has 1 unspecified atom stereocenters. The largest absolute Gasteiger partial charge is 0.462 e.